The van der Waals surface area contributed by atoms with Gasteiger partial charge >= 0.3 is 45.5 Å². The average molecular weight is 410 g/mol. The summed E-state index contributed by atoms with van der Waals surface area (Å²) in [6, 6.07) is 0. The Kier molecular flexibility index (Phi) is 287. The third-order valence-electron chi connectivity index (χ3n) is 0. The van der Waals surface area contributed by atoms with Crippen molar-refractivity contribution in [1.29, 1.82) is 0 Å². The van der Waals surface area contributed by atoms with Crippen LogP contribution in [-0.4, -0.2) is 51.0 Å². The van der Waals surface area contributed by atoms with Gasteiger partial charge in [0.25, 0.3) is 0 Å². The van der Waals surface area contributed by atoms with Crippen molar-refractivity contribution in [3.63, 3.8) is 0 Å². The smallest absolute Gasteiger partial charge is 0 e. The molecule has 6 heteroatoms. The minimum Gasteiger partial charge on any atom is 0 e. The quantitative estimate of drug-likeness (QED) is 0.432. The van der Waals surface area contributed by atoms with Gasteiger partial charge in [-0.25, -0.2) is 0 Å². The Morgan fingerprint density at radius 3 is 1.00 bits per heavy atom. The standard InChI is InChI=1S/FH.La.Mn.H2O.Sr.Y.2H/h1H;;;1H2;;;;. The van der Waals surface area contributed by atoms with Gasteiger partial charge in [0.1, 0.15) is 0 Å². The van der Waals surface area contributed by atoms with Gasteiger partial charge in [0.05, 0.1) is 0 Å². The molecule has 0 amide bonds. The van der Waals surface area contributed by atoms with E-state index in [1.165, 1.54) is 0 Å². The first-order chi connectivity index (χ1) is 0. The maximum atomic E-state index is 0. The van der Waals surface area contributed by atoms with Crippen LogP contribution in [-0.2, 0) is 49.8 Å². The van der Waals surface area contributed by atoms with Crippen LogP contribution in [0, 0.1) is 35.6 Å². The molecule has 0 rings (SSSR count). The van der Waals surface area contributed by atoms with Crippen LogP contribution < -0.4 is 0 Å². The van der Waals surface area contributed by atoms with Crippen LogP contribution >= 0.6 is 0 Å². The Morgan fingerprint density at radius 1 is 1.00 bits per heavy atom. The van der Waals surface area contributed by atoms with E-state index in [2.05, 4.69) is 0 Å². The molecule has 0 saturated carbocycles. The third-order valence-corrected chi connectivity index (χ3v) is 0. The Labute approximate surface area is 137 Å². The van der Waals surface area contributed by atoms with E-state index in [1.807, 2.05) is 0 Å². The molecule has 33 valence electrons. The van der Waals surface area contributed by atoms with Crippen molar-refractivity contribution >= 4 is 45.5 Å². The van der Waals surface area contributed by atoms with Crippen LogP contribution in [0.4, 0.5) is 4.70 Å². The number of rotatable bonds is 0. The molecule has 0 aromatic carbocycles. The molecule has 2 N–H and O–H groups in total. The average Bonchev–Trinajstić information content (AvgIpc) is 0. The Morgan fingerprint density at radius 2 is 1.00 bits per heavy atom. The molecule has 0 aromatic heterocycles. The summed E-state index contributed by atoms with van der Waals surface area (Å²) >= 11 is 0. The maximum Gasteiger partial charge on any atom is 0 e. The fourth-order valence-corrected chi connectivity index (χ4v) is 0. The molecule has 1 nitrogen and oxygen atoms in total. The molecule has 0 aliphatic carbocycles. The molecule has 6 heavy (non-hydrogen) atoms. The van der Waals surface area contributed by atoms with Gasteiger partial charge in [-0.05, 0) is 0 Å². The predicted octanol–water partition coefficient (Wildman–Crippen LogP) is -1.59. The van der Waals surface area contributed by atoms with E-state index >= 15 is 0 Å². The molecule has 3 radical (unpaired) electrons. The maximum absolute atomic E-state index is 0. The van der Waals surface area contributed by atoms with Crippen molar-refractivity contribution in [2.24, 2.45) is 0 Å². The number of hydrogen-bond donors (Lipinski definition) is 0. The first kappa shape index (κ1) is 49.0. The number of halogens is 1. The second kappa shape index (κ2) is 35.1. The van der Waals surface area contributed by atoms with Gasteiger partial charge in [-0.1, -0.05) is 0 Å². The molecule has 0 bridgehead atoms. The summed E-state index contributed by atoms with van der Waals surface area (Å²) in [6.07, 6.45) is 0. The number of hydrogen-bond acceptors (Lipinski definition) is 0. The van der Waals surface area contributed by atoms with Gasteiger partial charge in [-0.2, -0.15) is 0 Å². The van der Waals surface area contributed by atoms with Crippen molar-refractivity contribution in [3.05, 3.63) is 0 Å². The minimum atomic E-state index is 0. The van der Waals surface area contributed by atoms with E-state index in [0.717, 1.165) is 0 Å². The fraction of sp³-hybridized carbons (Fsp3) is 0. The van der Waals surface area contributed by atoms with Crippen molar-refractivity contribution in [2.45, 2.75) is 0 Å². The molecule has 0 unspecified atom stereocenters. The van der Waals surface area contributed by atoms with E-state index in [4.69, 9.17) is 0 Å². The molecular weight excluding hydrogens is 405 g/mol. The first-order valence-electron chi connectivity index (χ1n) is 0. The Hall–Kier alpha value is 4.19. The van der Waals surface area contributed by atoms with Gasteiger partial charge in [0.15, 0.2) is 0 Å². The summed E-state index contributed by atoms with van der Waals surface area (Å²) in [5, 5.41) is 0. The van der Waals surface area contributed by atoms with Crippen molar-refractivity contribution < 1.29 is 95.6 Å². The van der Waals surface area contributed by atoms with E-state index in [-0.39, 0.29) is 141 Å². The zero-order valence-corrected chi connectivity index (χ0v) is 10.1. The van der Waals surface area contributed by atoms with Crippen LogP contribution in [0.1, 0.15) is 0 Å². The molecule has 0 aliphatic heterocycles. The Bertz CT molecular complexity index is 15.5. The normalized spacial score (nSPS) is 0. The molecular formula is H5FLaMnOSrY. The molecule has 0 saturated heterocycles. The molecule has 0 heterocycles. The van der Waals surface area contributed by atoms with E-state index in [1.54, 1.807) is 0 Å². The van der Waals surface area contributed by atoms with Crippen LogP contribution in [0.2, 0.25) is 0 Å². The third kappa shape index (κ3) is 24.1. The summed E-state index contributed by atoms with van der Waals surface area (Å²) in [6.45, 7) is 0. The Balaban J connectivity index is 0. The summed E-state index contributed by atoms with van der Waals surface area (Å²) in [7, 11) is 0. The van der Waals surface area contributed by atoms with Crippen LogP contribution in [0.25, 0.3) is 0 Å². The van der Waals surface area contributed by atoms with Crippen LogP contribution in [0.5, 0.6) is 0 Å². The molecule has 0 spiro atoms. The van der Waals surface area contributed by atoms with E-state index < -0.39 is 0 Å². The van der Waals surface area contributed by atoms with Crippen molar-refractivity contribution in [2.75, 3.05) is 0 Å². The first-order valence-corrected chi connectivity index (χ1v) is 0. The SMILES string of the molecule is F.O.[La].[Mn].[SrH2].[Y]. The van der Waals surface area contributed by atoms with E-state index in [0.29, 0.717) is 0 Å². The molecule has 0 fully saturated rings. The largest absolute Gasteiger partial charge is 0 e. The predicted molar refractivity (Wildman–Crippen MR) is 14.7 cm³/mol. The van der Waals surface area contributed by atoms with Gasteiger partial charge in [-0.15, -0.1) is 0 Å². The second-order valence-electron chi connectivity index (χ2n) is 0. The monoisotopic (exact) mass is 411 g/mol. The van der Waals surface area contributed by atoms with Crippen molar-refractivity contribution in [1.82, 2.24) is 0 Å². The van der Waals surface area contributed by atoms with Gasteiger partial charge in [0, 0.05) is 85.4 Å². The zero-order valence-electron chi connectivity index (χ0n) is 2.44. The molecule has 0 atom stereocenters. The molecule has 0 aliphatic rings. The van der Waals surface area contributed by atoms with Crippen molar-refractivity contribution in [3.8, 4) is 0 Å². The minimum absolute atomic E-state index is 0. The second-order valence-corrected chi connectivity index (χ2v) is 0. The topological polar surface area (TPSA) is 31.5 Å². The van der Waals surface area contributed by atoms with Gasteiger partial charge < -0.3 is 5.48 Å². The zero-order chi connectivity index (χ0) is 0. The van der Waals surface area contributed by atoms with Crippen LogP contribution in [0.3, 0.4) is 0 Å². The fourth-order valence-electron chi connectivity index (χ4n) is 0. The summed E-state index contributed by atoms with van der Waals surface area (Å²) < 4.78 is 0. The summed E-state index contributed by atoms with van der Waals surface area (Å²) in [5.41, 5.74) is 0. The summed E-state index contributed by atoms with van der Waals surface area (Å²) in [5.74, 6) is 0. The van der Waals surface area contributed by atoms with Crippen LogP contribution in [0.15, 0.2) is 0 Å². The van der Waals surface area contributed by atoms with Gasteiger partial charge in [0.2, 0.25) is 0 Å². The van der Waals surface area contributed by atoms with Gasteiger partial charge in [-0.3, -0.25) is 4.70 Å². The molecule has 0 aromatic rings. The summed E-state index contributed by atoms with van der Waals surface area (Å²) in [4.78, 5) is 0. The van der Waals surface area contributed by atoms with E-state index in [9.17, 15) is 0 Å².